The zero-order valence-electron chi connectivity index (χ0n) is 15.0. The number of halogens is 3. The van der Waals surface area contributed by atoms with E-state index in [1.54, 1.807) is 24.4 Å². The maximum absolute atomic E-state index is 12.8. The van der Waals surface area contributed by atoms with Crippen LogP contribution < -0.4 is 5.56 Å². The molecule has 2 aromatic heterocycles. The molecule has 0 fully saturated rings. The predicted octanol–water partition coefficient (Wildman–Crippen LogP) is 4.16. The molecule has 0 aliphatic heterocycles. The predicted molar refractivity (Wildman–Crippen MR) is 103 cm³/mol. The molecule has 10 heteroatoms. The highest BCUT2D eigenvalue weighted by atomic mass is 32.1. The smallest absolute Gasteiger partial charge is 0.416 e. The summed E-state index contributed by atoms with van der Waals surface area (Å²) in [6, 6.07) is 10.5. The van der Waals surface area contributed by atoms with Gasteiger partial charge in [-0.05, 0) is 24.3 Å². The molecule has 0 radical (unpaired) electrons. The number of carbonyl (C=O) groups is 1. The lowest BCUT2D eigenvalue weighted by Crippen LogP contribution is -2.23. The van der Waals surface area contributed by atoms with E-state index in [1.165, 1.54) is 22.1 Å². The lowest BCUT2D eigenvalue weighted by molar-refractivity contribution is -0.137. The van der Waals surface area contributed by atoms with Gasteiger partial charge in [0.1, 0.15) is 5.01 Å². The first-order chi connectivity index (χ1) is 13.6. The lowest BCUT2D eigenvalue weighted by atomic mass is 10.2. The van der Waals surface area contributed by atoms with Gasteiger partial charge in [-0.15, -0.1) is 11.3 Å². The van der Waals surface area contributed by atoms with Gasteiger partial charge < -0.3 is 5.11 Å². The number of fused-ring (bicyclic) bond motifs is 2. The van der Waals surface area contributed by atoms with Crippen LogP contribution in [-0.2, 0) is 17.5 Å². The first kappa shape index (κ1) is 20.5. The number of hydrogen-bond acceptors (Lipinski definition) is 5. The van der Waals surface area contributed by atoms with Gasteiger partial charge in [-0.1, -0.05) is 18.2 Å². The number of aromatic nitrogens is 3. The average Bonchev–Trinajstić information content (AvgIpc) is 3.04. The van der Waals surface area contributed by atoms with Gasteiger partial charge in [0, 0.05) is 12.3 Å². The van der Waals surface area contributed by atoms with Gasteiger partial charge in [0.15, 0.2) is 0 Å². The minimum atomic E-state index is -4.41. The van der Waals surface area contributed by atoms with Gasteiger partial charge in [-0.2, -0.15) is 18.3 Å². The summed E-state index contributed by atoms with van der Waals surface area (Å²) in [7, 11) is 0. The Hall–Kier alpha value is -3.27. The SMILES string of the molecule is CC(=O)O.O=c1c2ccccc2cnn1Cc1nc2cc(C(F)(F)F)ccc2s1. The molecule has 0 amide bonds. The molecule has 29 heavy (non-hydrogen) atoms. The van der Waals surface area contributed by atoms with E-state index >= 15 is 0 Å². The van der Waals surface area contributed by atoms with Crippen LogP contribution in [0.15, 0.2) is 53.5 Å². The van der Waals surface area contributed by atoms with Crippen molar-refractivity contribution in [1.29, 1.82) is 0 Å². The summed E-state index contributed by atoms with van der Waals surface area (Å²) in [5, 5.41) is 13.3. The molecule has 6 nitrogen and oxygen atoms in total. The van der Waals surface area contributed by atoms with Crippen molar-refractivity contribution >= 4 is 38.3 Å². The van der Waals surface area contributed by atoms with Crippen molar-refractivity contribution in [1.82, 2.24) is 14.8 Å². The molecule has 2 heterocycles. The summed E-state index contributed by atoms with van der Waals surface area (Å²) in [6.45, 7) is 1.20. The number of rotatable bonds is 2. The van der Waals surface area contributed by atoms with Crippen molar-refractivity contribution in [2.24, 2.45) is 0 Å². The van der Waals surface area contributed by atoms with E-state index in [0.717, 1.165) is 24.4 Å². The molecule has 150 valence electrons. The monoisotopic (exact) mass is 421 g/mol. The Morgan fingerprint density at radius 2 is 1.90 bits per heavy atom. The van der Waals surface area contributed by atoms with Gasteiger partial charge in [-0.25, -0.2) is 9.67 Å². The number of hydrogen-bond donors (Lipinski definition) is 1. The molecule has 0 atom stereocenters. The van der Waals surface area contributed by atoms with Crippen LogP contribution in [0.2, 0.25) is 0 Å². The number of benzene rings is 2. The van der Waals surface area contributed by atoms with Crippen LogP contribution in [0.5, 0.6) is 0 Å². The summed E-state index contributed by atoms with van der Waals surface area (Å²) in [4.78, 5) is 25.7. The minimum absolute atomic E-state index is 0.115. The molecule has 0 unspecified atom stereocenters. The molecule has 0 saturated heterocycles. The van der Waals surface area contributed by atoms with E-state index in [-0.39, 0.29) is 17.6 Å². The van der Waals surface area contributed by atoms with Crippen LogP contribution in [0.1, 0.15) is 17.5 Å². The third kappa shape index (κ3) is 4.77. The third-order valence-electron chi connectivity index (χ3n) is 3.81. The molecular formula is C19H14F3N3O3S. The van der Waals surface area contributed by atoms with Gasteiger partial charge in [0.2, 0.25) is 0 Å². The second-order valence-electron chi connectivity index (χ2n) is 6.00. The highest BCUT2D eigenvalue weighted by Gasteiger charge is 2.30. The zero-order valence-corrected chi connectivity index (χ0v) is 15.8. The maximum atomic E-state index is 12.8. The summed E-state index contributed by atoms with van der Waals surface area (Å²) in [5.41, 5.74) is -0.727. The van der Waals surface area contributed by atoms with Gasteiger partial charge in [-0.3, -0.25) is 9.59 Å². The second kappa shape index (κ2) is 8.00. The quantitative estimate of drug-likeness (QED) is 0.525. The Kier molecular flexibility index (Phi) is 5.64. The van der Waals surface area contributed by atoms with Crippen LogP contribution in [0.3, 0.4) is 0 Å². The maximum Gasteiger partial charge on any atom is 0.416 e. The summed E-state index contributed by atoms with van der Waals surface area (Å²) in [6.07, 6.45) is -2.82. The van der Waals surface area contributed by atoms with Crippen molar-refractivity contribution in [3.05, 3.63) is 69.6 Å². The number of aliphatic carboxylic acids is 1. The fourth-order valence-electron chi connectivity index (χ4n) is 2.59. The lowest BCUT2D eigenvalue weighted by Gasteiger charge is -2.04. The summed E-state index contributed by atoms with van der Waals surface area (Å²) in [5.74, 6) is -0.833. The molecule has 0 aliphatic rings. The van der Waals surface area contributed by atoms with Gasteiger partial charge in [0.25, 0.3) is 11.5 Å². The summed E-state index contributed by atoms with van der Waals surface area (Å²) >= 11 is 1.25. The molecule has 4 rings (SSSR count). The number of carboxylic acids is 1. The van der Waals surface area contributed by atoms with E-state index in [2.05, 4.69) is 10.1 Å². The highest BCUT2D eigenvalue weighted by Crippen LogP contribution is 2.32. The molecule has 0 spiro atoms. The molecule has 4 aromatic rings. The van der Waals surface area contributed by atoms with Crippen molar-refractivity contribution in [2.75, 3.05) is 0 Å². The van der Waals surface area contributed by atoms with Crippen LogP contribution >= 0.6 is 11.3 Å². The van der Waals surface area contributed by atoms with E-state index in [9.17, 15) is 18.0 Å². The molecule has 0 bridgehead atoms. The van der Waals surface area contributed by atoms with E-state index in [1.807, 2.05) is 6.07 Å². The largest absolute Gasteiger partial charge is 0.481 e. The van der Waals surface area contributed by atoms with Crippen molar-refractivity contribution in [2.45, 2.75) is 19.6 Å². The van der Waals surface area contributed by atoms with E-state index in [4.69, 9.17) is 9.90 Å². The number of thiazole rings is 1. The Bertz CT molecular complexity index is 1240. The van der Waals surface area contributed by atoms with Gasteiger partial charge in [0.05, 0.1) is 33.9 Å². The van der Waals surface area contributed by atoms with Crippen LogP contribution in [0.4, 0.5) is 13.2 Å². The van der Waals surface area contributed by atoms with Gasteiger partial charge >= 0.3 is 6.18 Å². The Labute approximate surface area is 165 Å². The molecule has 0 aliphatic carbocycles. The Morgan fingerprint density at radius 1 is 1.21 bits per heavy atom. The molecule has 0 saturated carbocycles. The van der Waals surface area contributed by atoms with Crippen molar-refractivity contribution < 1.29 is 23.1 Å². The number of carboxylic acid groups (broad SMARTS) is 1. The standard InChI is InChI=1S/C17H10F3N3OS.C2H4O2/c18-17(19,20)11-5-6-14-13(7-11)22-15(25-14)9-23-16(24)12-4-2-1-3-10(12)8-21-23;1-2(3)4/h1-8H,9H2;1H3,(H,3,4). The second-order valence-corrected chi connectivity index (χ2v) is 7.12. The van der Waals surface area contributed by atoms with Crippen LogP contribution in [0, 0.1) is 0 Å². The average molecular weight is 421 g/mol. The number of alkyl halides is 3. The zero-order chi connectivity index (χ0) is 21.2. The first-order valence-corrected chi connectivity index (χ1v) is 9.08. The fourth-order valence-corrected chi connectivity index (χ4v) is 3.52. The minimum Gasteiger partial charge on any atom is -0.481 e. The fraction of sp³-hybridized carbons (Fsp3) is 0.158. The Morgan fingerprint density at radius 3 is 2.59 bits per heavy atom. The van der Waals surface area contributed by atoms with Crippen LogP contribution in [0.25, 0.3) is 21.0 Å². The summed E-state index contributed by atoms with van der Waals surface area (Å²) < 4.78 is 40.3. The number of nitrogens with zero attached hydrogens (tertiary/aromatic N) is 3. The highest BCUT2D eigenvalue weighted by molar-refractivity contribution is 7.18. The first-order valence-electron chi connectivity index (χ1n) is 8.26. The molecular weight excluding hydrogens is 407 g/mol. The van der Waals surface area contributed by atoms with Crippen molar-refractivity contribution in [3.8, 4) is 0 Å². The van der Waals surface area contributed by atoms with E-state index in [0.29, 0.717) is 15.1 Å². The van der Waals surface area contributed by atoms with Crippen LogP contribution in [-0.4, -0.2) is 25.8 Å². The van der Waals surface area contributed by atoms with Crippen molar-refractivity contribution in [3.63, 3.8) is 0 Å². The molecule has 2 aromatic carbocycles. The molecule has 1 N–H and O–H groups in total. The van der Waals surface area contributed by atoms with E-state index < -0.39 is 17.7 Å². The third-order valence-corrected chi connectivity index (χ3v) is 4.83. The Balaban J connectivity index is 0.000000552. The topological polar surface area (TPSA) is 85.1 Å². The normalized spacial score (nSPS) is 11.3.